The minimum atomic E-state index is -1.18. The van der Waals surface area contributed by atoms with Crippen LogP contribution in [0.5, 0.6) is 0 Å². The summed E-state index contributed by atoms with van der Waals surface area (Å²) < 4.78 is 5.80. The van der Waals surface area contributed by atoms with Crippen molar-refractivity contribution in [1.29, 1.82) is 0 Å². The lowest BCUT2D eigenvalue weighted by Crippen LogP contribution is -2.63. The predicted molar refractivity (Wildman–Crippen MR) is 90.1 cm³/mol. The van der Waals surface area contributed by atoms with Crippen LogP contribution in [0.15, 0.2) is 41.8 Å². The van der Waals surface area contributed by atoms with E-state index in [0.29, 0.717) is 12.8 Å². The van der Waals surface area contributed by atoms with Gasteiger partial charge >= 0.3 is 5.97 Å². The van der Waals surface area contributed by atoms with Crippen LogP contribution in [0.2, 0.25) is 0 Å². The number of aliphatic hydroxyl groups excluding tert-OH is 1. The fourth-order valence-electron chi connectivity index (χ4n) is 3.36. The first-order chi connectivity index (χ1) is 11.7. The summed E-state index contributed by atoms with van der Waals surface area (Å²) in [4.78, 5) is 25.2. The largest absolute Gasteiger partial charge is 0.476 e. The topological polar surface area (TPSA) is 87.1 Å². The Balaban J connectivity index is 1.72. The maximum absolute atomic E-state index is 12.5. The molecule has 1 amide bonds. The van der Waals surface area contributed by atoms with Gasteiger partial charge in [0.2, 0.25) is 5.91 Å². The van der Waals surface area contributed by atoms with E-state index in [2.05, 4.69) is 0 Å². The van der Waals surface area contributed by atoms with Crippen molar-refractivity contribution in [2.24, 2.45) is 11.3 Å². The molecule has 0 saturated carbocycles. The fraction of sp³-hybridized carbons (Fsp3) is 0.474. The van der Waals surface area contributed by atoms with Gasteiger partial charge in [0, 0.05) is 5.41 Å². The highest BCUT2D eigenvalue weighted by Gasteiger charge is 2.60. The zero-order chi connectivity index (χ0) is 18.4. The Kier molecular flexibility index (Phi) is 4.33. The molecule has 3 rings (SSSR count). The van der Waals surface area contributed by atoms with Gasteiger partial charge in [0.15, 0.2) is 11.9 Å². The number of carboxylic acid groups (broad SMARTS) is 1. The number of amides is 1. The maximum atomic E-state index is 12.5. The molecular formula is C19H23NO5. The summed E-state index contributed by atoms with van der Waals surface area (Å²) >= 11 is 0. The summed E-state index contributed by atoms with van der Waals surface area (Å²) in [5.74, 6) is -2.01. The first-order valence-corrected chi connectivity index (χ1v) is 8.41. The average Bonchev–Trinajstić information content (AvgIpc) is 2.89. The number of aliphatic carboxylic acids is 1. The summed E-state index contributed by atoms with van der Waals surface area (Å²) in [5, 5.41) is 19.9. The number of rotatable bonds is 5. The fourth-order valence-corrected chi connectivity index (χ4v) is 3.36. The minimum absolute atomic E-state index is 0.103. The van der Waals surface area contributed by atoms with Crippen LogP contribution < -0.4 is 0 Å². The zero-order valence-electron chi connectivity index (χ0n) is 14.6. The van der Waals surface area contributed by atoms with E-state index >= 15 is 0 Å². The third-order valence-electron chi connectivity index (χ3n) is 4.65. The van der Waals surface area contributed by atoms with Gasteiger partial charge in [-0.3, -0.25) is 9.69 Å². The molecule has 1 fully saturated rings. The molecule has 0 spiro atoms. The first-order valence-electron chi connectivity index (χ1n) is 8.41. The summed E-state index contributed by atoms with van der Waals surface area (Å²) in [6.45, 7) is 5.51. The Bertz CT molecular complexity index is 719. The van der Waals surface area contributed by atoms with Gasteiger partial charge in [-0.15, -0.1) is 0 Å². The van der Waals surface area contributed by atoms with Gasteiger partial charge < -0.3 is 14.9 Å². The maximum Gasteiger partial charge on any atom is 0.356 e. The van der Waals surface area contributed by atoms with Gasteiger partial charge in [-0.1, -0.05) is 51.1 Å². The highest BCUT2D eigenvalue weighted by atomic mass is 16.5. The van der Waals surface area contributed by atoms with Crippen molar-refractivity contribution in [3.8, 4) is 0 Å². The number of carboxylic acids is 1. The van der Waals surface area contributed by atoms with Crippen molar-refractivity contribution in [3.63, 3.8) is 0 Å². The highest BCUT2D eigenvalue weighted by molar-refractivity contribution is 5.98. The molecule has 25 heavy (non-hydrogen) atoms. The van der Waals surface area contributed by atoms with Crippen molar-refractivity contribution in [1.82, 2.24) is 4.90 Å². The Morgan fingerprint density at radius 2 is 1.92 bits per heavy atom. The van der Waals surface area contributed by atoms with Crippen LogP contribution in [-0.4, -0.2) is 39.3 Å². The molecular weight excluding hydrogens is 322 g/mol. The molecule has 0 aromatic heterocycles. The summed E-state index contributed by atoms with van der Waals surface area (Å²) in [6, 6.07) is 9.71. The van der Waals surface area contributed by atoms with Crippen molar-refractivity contribution in [3.05, 3.63) is 47.4 Å². The van der Waals surface area contributed by atoms with E-state index < -0.39 is 29.6 Å². The van der Waals surface area contributed by atoms with Crippen LogP contribution in [0, 0.1) is 11.3 Å². The zero-order valence-corrected chi connectivity index (χ0v) is 14.6. The standard InChI is InChI=1S/C19H23NO5/c1-19(2,3)15-14(18(23)24)20-16(22)13(17(20)25-15)12(21)10-9-11-7-5-4-6-8-11/h4-8,12-13,17,21H,9-10H2,1-3H3,(H,23,24)/t12-,13+,17-/m1/s1. The normalized spacial score (nSPS) is 23.8. The molecule has 1 saturated heterocycles. The van der Waals surface area contributed by atoms with Gasteiger partial charge in [-0.05, 0) is 18.4 Å². The summed E-state index contributed by atoms with van der Waals surface area (Å²) in [5.41, 5.74) is 0.441. The van der Waals surface area contributed by atoms with Crippen molar-refractivity contribution < 1.29 is 24.5 Å². The number of allylic oxidation sites excluding steroid dienone is 1. The minimum Gasteiger partial charge on any atom is -0.476 e. The lowest BCUT2D eigenvalue weighted by molar-refractivity contribution is -0.184. The van der Waals surface area contributed by atoms with Crippen LogP contribution >= 0.6 is 0 Å². The van der Waals surface area contributed by atoms with Crippen LogP contribution in [0.1, 0.15) is 32.8 Å². The first kappa shape index (κ1) is 17.5. The van der Waals surface area contributed by atoms with E-state index in [9.17, 15) is 19.8 Å². The smallest absolute Gasteiger partial charge is 0.356 e. The Morgan fingerprint density at radius 1 is 1.28 bits per heavy atom. The van der Waals surface area contributed by atoms with Gasteiger partial charge in [0.25, 0.3) is 0 Å². The molecule has 6 heteroatoms. The van der Waals surface area contributed by atoms with Crippen LogP contribution in [-0.2, 0) is 20.7 Å². The van der Waals surface area contributed by atoms with E-state index in [0.717, 1.165) is 5.56 Å². The molecule has 2 aliphatic heterocycles. The third-order valence-corrected chi connectivity index (χ3v) is 4.65. The number of benzene rings is 1. The molecule has 2 heterocycles. The Morgan fingerprint density at radius 3 is 2.48 bits per heavy atom. The van der Waals surface area contributed by atoms with Crippen molar-refractivity contribution >= 4 is 11.9 Å². The molecule has 0 radical (unpaired) electrons. The van der Waals surface area contributed by atoms with Gasteiger partial charge in [-0.25, -0.2) is 4.79 Å². The summed E-state index contributed by atoms with van der Waals surface area (Å²) in [7, 11) is 0. The van der Waals surface area contributed by atoms with Gasteiger partial charge in [0.05, 0.1) is 6.10 Å². The summed E-state index contributed by atoms with van der Waals surface area (Å²) in [6.07, 6.45) is -0.535. The van der Waals surface area contributed by atoms with E-state index in [1.165, 1.54) is 4.90 Å². The molecule has 0 unspecified atom stereocenters. The molecule has 1 aromatic carbocycles. The molecule has 6 nitrogen and oxygen atoms in total. The molecule has 3 atom stereocenters. The second kappa shape index (κ2) is 6.19. The third kappa shape index (κ3) is 3.02. The van der Waals surface area contributed by atoms with Gasteiger partial charge in [0.1, 0.15) is 11.7 Å². The second-order valence-corrected chi connectivity index (χ2v) is 7.57. The Hall–Kier alpha value is -2.34. The van der Waals surface area contributed by atoms with Gasteiger partial charge in [-0.2, -0.15) is 0 Å². The monoisotopic (exact) mass is 345 g/mol. The van der Waals surface area contributed by atoms with Crippen LogP contribution in [0.25, 0.3) is 0 Å². The lowest BCUT2D eigenvalue weighted by Gasteiger charge is -2.43. The quantitative estimate of drug-likeness (QED) is 0.799. The molecule has 0 bridgehead atoms. The number of aliphatic hydroxyl groups is 1. The van der Waals surface area contributed by atoms with Crippen LogP contribution in [0.3, 0.4) is 0 Å². The number of hydrogen-bond acceptors (Lipinski definition) is 4. The number of carbonyl (C=O) groups is 2. The molecule has 2 aliphatic rings. The number of β-lactam (4-membered cyclic amide) rings is 1. The molecule has 134 valence electrons. The van der Waals surface area contributed by atoms with Crippen molar-refractivity contribution in [2.75, 3.05) is 0 Å². The highest BCUT2D eigenvalue weighted by Crippen LogP contribution is 2.47. The number of fused-ring (bicyclic) bond motifs is 1. The van der Waals surface area contributed by atoms with E-state index in [-0.39, 0.29) is 17.4 Å². The predicted octanol–water partition coefficient (Wildman–Crippen LogP) is 2.14. The average molecular weight is 345 g/mol. The number of nitrogens with zero attached hydrogens (tertiary/aromatic N) is 1. The SMILES string of the molecule is CC(C)(C)C1=C(C(=O)O)N2C(=O)[C@H]([C@H](O)CCc3ccccc3)[C@H]2O1. The number of carbonyl (C=O) groups excluding carboxylic acids is 1. The number of aryl methyl sites for hydroxylation is 1. The molecule has 1 aromatic rings. The lowest BCUT2D eigenvalue weighted by atomic mass is 9.86. The number of hydrogen-bond donors (Lipinski definition) is 2. The number of ether oxygens (including phenoxy) is 1. The molecule has 2 N–H and O–H groups in total. The second-order valence-electron chi connectivity index (χ2n) is 7.57. The van der Waals surface area contributed by atoms with Crippen molar-refractivity contribution in [2.45, 2.75) is 45.9 Å². The van der Waals surface area contributed by atoms with Crippen LogP contribution in [0.4, 0.5) is 0 Å². The molecule has 0 aliphatic carbocycles. The van der Waals surface area contributed by atoms with E-state index in [1.54, 1.807) is 0 Å². The van der Waals surface area contributed by atoms with E-state index in [4.69, 9.17) is 4.74 Å². The Labute approximate surface area is 146 Å². The van der Waals surface area contributed by atoms with E-state index in [1.807, 2.05) is 51.1 Å².